The number of nitrogens with zero attached hydrogens (tertiary/aromatic N) is 1. The van der Waals surface area contributed by atoms with Gasteiger partial charge in [0.1, 0.15) is 0 Å². The van der Waals surface area contributed by atoms with Gasteiger partial charge in [-0.15, -0.1) is 0 Å². The Labute approximate surface area is 150 Å². The summed E-state index contributed by atoms with van der Waals surface area (Å²) in [6, 6.07) is 7.74. The lowest BCUT2D eigenvalue weighted by Gasteiger charge is -2.22. The molecule has 0 spiro atoms. The van der Waals surface area contributed by atoms with Crippen molar-refractivity contribution in [2.45, 2.75) is 77.2 Å². The maximum absolute atomic E-state index is 11.1. The first-order valence-electron chi connectivity index (χ1n) is 9.54. The van der Waals surface area contributed by atoms with Crippen molar-refractivity contribution in [2.75, 3.05) is 10.6 Å². The molecule has 0 aromatic heterocycles. The highest BCUT2D eigenvalue weighted by Gasteiger charge is 2.17. The zero-order valence-electron chi connectivity index (χ0n) is 15.3. The van der Waals surface area contributed by atoms with E-state index in [0.29, 0.717) is 0 Å². The SMILES string of the molecule is CC(=O)Nc1ccc(NC2CCCCCCCCCC/C2=N\O)cc1. The number of hydrogen-bond donors (Lipinski definition) is 3. The van der Waals surface area contributed by atoms with Crippen LogP contribution in [-0.2, 0) is 4.79 Å². The van der Waals surface area contributed by atoms with E-state index in [9.17, 15) is 10.0 Å². The summed E-state index contributed by atoms with van der Waals surface area (Å²) >= 11 is 0. The predicted molar refractivity (Wildman–Crippen MR) is 104 cm³/mol. The molecular weight excluding hydrogens is 314 g/mol. The molecule has 1 fully saturated rings. The summed E-state index contributed by atoms with van der Waals surface area (Å²) < 4.78 is 0. The molecule has 5 heteroatoms. The Bertz CT molecular complexity index is 555. The number of anilines is 2. The molecule has 1 aromatic rings. The summed E-state index contributed by atoms with van der Waals surface area (Å²) in [7, 11) is 0. The second-order valence-corrected chi connectivity index (χ2v) is 6.91. The fourth-order valence-electron chi connectivity index (χ4n) is 3.39. The van der Waals surface area contributed by atoms with E-state index in [1.807, 2.05) is 24.3 Å². The van der Waals surface area contributed by atoms with Crippen molar-refractivity contribution in [1.29, 1.82) is 0 Å². The van der Waals surface area contributed by atoms with Crippen molar-refractivity contribution in [2.24, 2.45) is 5.16 Å². The Morgan fingerprint density at radius 1 is 0.960 bits per heavy atom. The van der Waals surface area contributed by atoms with Crippen LogP contribution >= 0.6 is 0 Å². The minimum absolute atomic E-state index is 0.0658. The summed E-state index contributed by atoms with van der Waals surface area (Å²) in [6.45, 7) is 1.50. The fraction of sp³-hybridized carbons (Fsp3) is 0.600. The first-order valence-corrected chi connectivity index (χ1v) is 9.54. The maximum atomic E-state index is 11.1. The number of hydrogen-bond acceptors (Lipinski definition) is 4. The largest absolute Gasteiger partial charge is 0.411 e. The third-order valence-electron chi connectivity index (χ3n) is 4.75. The fourth-order valence-corrected chi connectivity index (χ4v) is 3.39. The van der Waals surface area contributed by atoms with Crippen molar-refractivity contribution in [3.63, 3.8) is 0 Å². The highest BCUT2D eigenvalue weighted by atomic mass is 16.4. The van der Waals surface area contributed by atoms with Crippen LogP contribution in [-0.4, -0.2) is 22.9 Å². The smallest absolute Gasteiger partial charge is 0.221 e. The zero-order valence-corrected chi connectivity index (χ0v) is 15.3. The maximum Gasteiger partial charge on any atom is 0.221 e. The van der Waals surface area contributed by atoms with Crippen LogP contribution in [0.1, 0.15) is 71.1 Å². The average molecular weight is 345 g/mol. The van der Waals surface area contributed by atoms with Crippen LogP contribution in [0.25, 0.3) is 0 Å². The van der Waals surface area contributed by atoms with Crippen molar-refractivity contribution in [1.82, 2.24) is 0 Å². The van der Waals surface area contributed by atoms with Crippen LogP contribution in [0.15, 0.2) is 29.4 Å². The number of carbonyl (C=O) groups excluding carboxylic acids is 1. The first kappa shape index (κ1) is 19.3. The van der Waals surface area contributed by atoms with Crippen molar-refractivity contribution in [3.8, 4) is 0 Å². The first-order chi connectivity index (χ1) is 12.2. The quantitative estimate of drug-likeness (QED) is 0.522. The molecule has 0 radical (unpaired) electrons. The van der Waals surface area contributed by atoms with E-state index in [2.05, 4.69) is 15.8 Å². The number of oxime groups is 1. The molecule has 0 aliphatic heterocycles. The van der Waals surface area contributed by atoms with E-state index in [-0.39, 0.29) is 11.9 Å². The minimum Gasteiger partial charge on any atom is -0.411 e. The molecule has 1 amide bonds. The zero-order chi connectivity index (χ0) is 17.9. The summed E-state index contributed by atoms with van der Waals surface area (Å²) in [5, 5.41) is 19.4. The molecule has 5 nitrogen and oxygen atoms in total. The lowest BCUT2D eigenvalue weighted by Crippen LogP contribution is -2.30. The Hall–Kier alpha value is -2.04. The van der Waals surface area contributed by atoms with Gasteiger partial charge < -0.3 is 15.8 Å². The van der Waals surface area contributed by atoms with E-state index < -0.39 is 0 Å². The molecule has 0 saturated heterocycles. The highest BCUT2D eigenvalue weighted by Crippen LogP contribution is 2.20. The molecule has 1 aromatic carbocycles. The predicted octanol–water partition coefficient (Wildman–Crippen LogP) is 5.17. The Morgan fingerprint density at radius 2 is 1.52 bits per heavy atom. The van der Waals surface area contributed by atoms with Crippen LogP contribution in [0.3, 0.4) is 0 Å². The Kier molecular flexibility index (Phi) is 8.29. The Morgan fingerprint density at radius 3 is 2.12 bits per heavy atom. The molecule has 2 rings (SSSR count). The van der Waals surface area contributed by atoms with Crippen molar-refractivity contribution < 1.29 is 10.0 Å². The highest BCUT2D eigenvalue weighted by molar-refractivity contribution is 5.91. The molecule has 1 unspecified atom stereocenters. The molecule has 138 valence electrons. The molecular formula is C20H31N3O2. The molecule has 3 N–H and O–H groups in total. The van der Waals surface area contributed by atoms with Gasteiger partial charge in [-0.25, -0.2) is 0 Å². The van der Waals surface area contributed by atoms with Crippen LogP contribution < -0.4 is 10.6 Å². The van der Waals surface area contributed by atoms with Gasteiger partial charge in [0.05, 0.1) is 11.8 Å². The standard InChI is InChI=1S/C20H31N3O2/c1-16(24)21-17-12-14-18(15-13-17)22-19-10-8-6-4-2-3-5-7-9-11-20(19)23-25/h12-15,19,22,25H,2-11H2,1H3,(H,21,24)/b23-20+. The second-order valence-electron chi connectivity index (χ2n) is 6.91. The number of rotatable bonds is 3. The molecule has 25 heavy (non-hydrogen) atoms. The molecule has 1 aliphatic rings. The van der Waals surface area contributed by atoms with Gasteiger partial charge in [0.2, 0.25) is 5.91 Å². The Balaban J connectivity index is 2.01. The van der Waals surface area contributed by atoms with Crippen LogP contribution in [0.4, 0.5) is 11.4 Å². The van der Waals surface area contributed by atoms with E-state index in [1.54, 1.807) is 0 Å². The lowest BCUT2D eigenvalue weighted by atomic mass is 9.96. The van der Waals surface area contributed by atoms with Crippen LogP contribution in [0.5, 0.6) is 0 Å². The summed E-state index contributed by atoms with van der Waals surface area (Å²) in [5.74, 6) is -0.0743. The van der Waals surface area contributed by atoms with Gasteiger partial charge in [0.25, 0.3) is 0 Å². The third-order valence-corrected chi connectivity index (χ3v) is 4.75. The molecule has 1 atom stereocenters. The third kappa shape index (κ3) is 7.16. The van der Waals surface area contributed by atoms with E-state index >= 15 is 0 Å². The molecule has 0 heterocycles. The number of carbonyl (C=O) groups is 1. The normalized spacial score (nSPS) is 21.8. The van der Waals surface area contributed by atoms with Crippen LogP contribution in [0.2, 0.25) is 0 Å². The molecule has 0 bridgehead atoms. The number of benzene rings is 1. The average Bonchev–Trinajstić information content (AvgIpc) is 2.58. The van der Waals surface area contributed by atoms with Crippen molar-refractivity contribution in [3.05, 3.63) is 24.3 Å². The van der Waals surface area contributed by atoms with Gasteiger partial charge in [-0.1, -0.05) is 50.1 Å². The molecule has 1 aliphatic carbocycles. The van der Waals surface area contributed by atoms with Crippen LogP contribution in [0, 0.1) is 0 Å². The molecule has 1 saturated carbocycles. The van der Waals surface area contributed by atoms with Gasteiger partial charge in [0.15, 0.2) is 0 Å². The summed E-state index contributed by atoms with van der Waals surface area (Å²) in [4.78, 5) is 11.1. The van der Waals surface area contributed by atoms with Gasteiger partial charge in [-0.05, 0) is 43.5 Å². The van der Waals surface area contributed by atoms with Gasteiger partial charge in [-0.3, -0.25) is 4.79 Å². The number of amides is 1. The van der Waals surface area contributed by atoms with Gasteiger partial charge in [-0.2, -0.15) is 0 Å². The van der Waals surface area contributed by atoms with Gasteiger partial charge >= 0.3 is 0 Å². The number of nitrogens with one attached hydrogen (secondary N) is 2. The van der Waals surface area contributed by atoms with E-state index in [0.717, 1.165) is 42.8 Å². The summed E-state index contributed by atoms with van der Waals surface area (Å²) in [5.41, 5.74) is 2.62. The van der Waals surface area contributed by atoms with E-state index in [4.69, 9.17) is 0 Å². The minimum atomic E-state index is -0.0743. The monoisotopic (exact) mass is 345 g/mol. The topological polar surface area (TPSA) is 73.7 Å². The van der Waals surface area contributed by atoms with Crippen molar-refractivity contribution >= 4 is 23.0 Å². The lowest BCUT2D eigenvalue weighted by molar-refractivity contribution is -0.114. The van der Waals surface area contributed by atoms with E-state index in [1.165, 1.54) is 45.4 Å². The van der Waals surface area contributed by atoms with Gasteiger partial charge in [0, 0.05) is 18.3 Å². The summed E-state index contributed by atoms with van der Waals surface area (Å²) in [6.07, 6.45) is 11.7. The second kappa shape index (κ2) is 10.7.